The van der Waals surface area contributed by atoms with E-state index < -0.39 is 59.8 Å². The van der Waals surface area contributed by atoms with Crippen molar-refractivity contribution >= 4 is 16.4 Å². The van der Waals surface area contributed by atoms with Crippen LogP contribution in [-0.4, -0.2) is 97.5 Å². The lowest BCUT2D eigenvalue weighted by Crippen LogP contribution is -2.60. The smallest absolute Gasteiger partial charge is 0.397 e. The van der Waals surface area contributed by atoms with Crippen molar-refractivity contribution in [3.8, 4) is 0 Å². The van der Waals surface area contributed by atoms with Gasteiger partial charge in [-0.2, -0.15) is 8.42 Å². The van der Waals surface area contributed by atoms with Crippen molar-refractivity contribution in [2.75, 3.05) is 26.4 Å². The van der Waals surface area contributed by atoms with E-state index in [1.54, 1.807) is 0 Å². The molecule has 4 N–H and O–H groups in total. The Morgan fingerprint density at radius 3 is 1.67 bits per heavy atom. The number of ether oxygens (including phenoxy) is 4. The van der Waals surface area contributed by atoms with E-state index in [1.165, 1.54) is 103 Å². The van der Waals surface area contributed by atoms with Crippen molar-refractivity contribution in [3.05, 3.63) is 36.5 Å². The van der Waals surface area contributed by atoms with Gasteiger partial charge in [0.1, 0.15) is 30.5 Å². The third-order valence-electron chi connectivity index (χ3n) is 10.7. The molecular weight excluding hydrogens is 789 g/mol. The molecule has 0 aromatic heterocycles. The lowest BCUT2D eigenvalue weighted by molar-refractivity contribution is -0.301. The van der Waals surface area contributed by atoms with E-state index in [1.807, 2.05) is 0 Å². The second-order valence-corrected chi connectivity index (χ2v) is 17.4. The molecule has 60 heavy (non-hydrogen) atoms. The molecule has 1 saturated heterocycles. The van der Waals surface area contributed by atoms with Crippen molar-refractivity contribution in [1.82, 2.24) is 0 Å². The topological polar surface area (TPSA) is 178 Å². The summed E-state index contributed by atoms with van der Waals surface area (Å²) in [5.41, 5.74) is 0. The van der Waals surface area contributed by atoms with Crippen LogP contribution < -0.4 is 0 Å². The number of aliphatic hydroxyl groups excluding tert-OH is 3. The Balaban J connectivity index is 2.38. The maximum Gasteiger partial charge on any atom is 0.397 e. The van der Waals surface area contributed by atoms with Crippen molar-refractivity contribution in [1.29, 1.82) is 0 Å². The molecule has 1 aliphatic rings. The predicted octanol–water partition coefficient (Wildman–Crippen LogP) is 10.2. The van der Waals surface area contributed by atoms with E-state index in [-0.39, 0.29) is 19.6 Å². The van der Waals surface area contributed by atoms with Gasteiger partial charge in [-0.1, -0.05) is 159 Å². The van der Waals surface area contributed by atoms with Crippen LogP contribution in [0.4, 0.5) is 0 Å². The number of unbranched alkanes of at least 4 members (excludes halogenated alkanes) is 22. The second-order valence-electron chi connectivity index (χ2n) is 16.3. The molecule has 0 amide bonds. The number of esters is 1. The van der Waals surface area contributed by atoms with E-state index in [0.29, 0.717) is 13.0 Å². The average molecular weight is 875 g/mol. The van der Waals surface area contributed by atoms with Crippen LogP contribution in [0.15, 0.2) is 36.5 Å². The van der Waals surface area contributed by atoms with Crippen molar-refractivity contribution < 1.29 is 56.2 Å². The molecule has 1 rings (SSSR count). The van der Waals surface area contributed by atoms with Crippen LogP contribution >= 0.6 is 0 Å². The summed E-state index contributed by atoms with van der Waals surface area (Å²) in [5.74, 6) is -0.414. The summed E-state index contributed by atoms with van der Waals surface area (Å²) in [5, 5.41) is 30.7. The van der Waals surface area contributed by atoms with Gasteiger partial charge in [-0.15, -0.1) is 0 Å². The minimum absolute atomic E-state index is 0.0301. The zero-order chi connectivity index (χ0) is 43.9. The fraction of sp³-hybridized carbons (Fsp3) is 0.851. The molecule has 1 aliphatic heterocycles. The first-order chi connectivity index (χ1) is 29.1. The molecule has 6 unspecified atom stereocenters. The van der Waals surface area contributed by atoms with Gasteiger partial charge in [0.15, 0.2) is 6.29 Å². The molecule has 12 nitrogen and oxygen atoms in total. The Kier molecular flexibility index (Phi) is 36.6. The highest BCUT2D eigenvalue weighted by molar-refractivity contribution is 7.80. The van der Waals surface area contributed by atoms with Crippen LogP contribution in [0.3, 0.4) is 0 Å². The predicted molar refractivity (Wildman–Crippen MR) is 239 cm³/mol. The van der Waals surface area contributed by atoms with Gasteiger partial charge in [0, 0.05) is 13.0 Å². The SMILES string of the molecule is CCC/C=C\C/C=C\CCCCCCCC(=O)OC(COCCCCCCCCCCCC/C=C\CCCCCCCC)COC1OC(CO)C(O)C(OS(=O)(=O)O)C1O. The fourth-order valence-electron chi connectivity index (χ4n) is 7.12. The molecule has 13 heteroatoms. The quantitative estimate of drug-likeness (QED) is 0.0198. The Labute approximate surface area is 364 Å². The third kappa shape index (κ3) is 32.1. The van der Waals surface area contributed by atoms with Crippen LogP contribution in [0.1, 0.15) is 194 Å². The van der Waals surface area contributed by atoms with Gasteiger partial charge in [-0.25, -0.2) is 4.18 Å². The first kappa shape index (κ1) is 56.3. The maximum absolute atomic E-state index is 12.8. The summed E-state index contributed by atoms with van der Waals surface area (Å²) in [6.45, 7) is 3.91. The third-order valence-corrected chi connectivity index (χ3v) is 11.2. The van der Waals surface area contributed by atoms with Crippen molar-refractivity contribution in [2.45, 2.75) is 230 Å². The van der Waals surface area contributed by atoms with E-state index in [9.17, 15) is 28.5 Å². The Hall–Kier alpha value is -1.68. The molecule has 1 fully saturated rings. The highest BCUT2D eigenvalue weighted by Crippen LogP contribution is 2.26. The number of carbonyl (C=O) groups excluding carboxylic acids is 1. The highest BCUT2D eigenvalue weighted by Gasteiger charge is 2.48. The van der Waals surface area contributed by atoms with E-state index >= 15 is 0 Å². The minimum atomic E-state index is -5.06. The maximum atomic E-state index is 12.8. The lowest BCUT2D eigenvalue weighted by atomic mass is 9.99. The summed E-state index contributed by atoms with van der Waals surface area (Å²) in [6.07, 6.45) is 36.1. The molecule has 0 saturated carbocycles. The van der Waals surface area contributed by atoms with Gasteiger partial charge in [0.25, 0.3) is 0 Å². The van der Waals surface area contributed by atoms with Crippen LogP contribution in [0.5, 0.6) is 0 Å². The number of hydrogen-bond acceptors (Lipinski definition) is 11. The molecule has 0 radical (unpaired) electrons. The molecule has 0 aliphatic carbocycles. The van der Waals surface area contributed by atoms with Gasteiger partial charge in [0.2, 0.25) is 0 Å². The van der Waals surface area contributed by atoms with Crippen LogP contribution in [0.2, 0.25) is 0 Å². The van der Waals surface area contributed by atoms with Gasteiger partial charge >= 0.3 is 16.4 Å². The molecule has 0 spiro atoms. The van der Waals surface area contributed by atoms with Gasteiger partial charge in [-0.3, -0.25) is 9.35 Å². The molecule has 0 aromatic rings. The van der Waals surface area contributed by atoms with Crippen molar-refractivity contribution in [3.63, 3.8) is 0 Å². The first-order valence-corrected chi connectivity index (χ1v) is 25.1. The summed E-state index contributed by atoms with van der Waals surface area (Å²) in [7, 11) is -5.06. The van der Waals surface area contributed by atoms with Crippen LogP contribution in [-0.2, 0) is 38.3 Å². The Morgan fingerprint density at radius 1 is 0.633 bits per heavy atom. The fourth-order valence-corrected chi connectivity index (χ4v) is 7.63. The summed E-state index contributed by atoms with van der Waals surface area (Å²) < 4.78 is 59.1. The number of allylic oxidation sites excluding steroid dienone is 6. The Bertz CT molecular complexity index is 1190. The molecule has 1 heterocycles. The molecule has 0 bridgehead atoms. The number of hydrogen-bond donors (Lipinski definition) is 4. The number of aliphatic hydroxyl groups is 3. The molecule has 0 aromatic carbocycles. The van der Waals surface area contributed by atoms with E-state index in [4.69, 9.17) is 23.5 Å². The normalized spacial score (nSPS) is 20.5. The van der Waals surface area contributed by atoms with Crippen LogP contribution in [0, 0.1) is 0 Å². The first-order valence-electron chi connectivity index (χ1n) is 23.7. The summed E-state index contributed by atoms with van der Waals surface area (Å²) in [4.78, 5) is 12.8. The second kappa shape index (κ2) is 39.0. The standard InChI is InChI=1S/C47H86O12S/c1-3-5-7-9-11-13-15-17-18-19-20-21-22-23-25-27-29-31-33-35-37-55-39-41(40-56-47-45(51)46(59-60(52,53)54)44(50)42(38-48)58-47)57-43(49)36-34-32-30-28-26-24-16-14-12-10-8-6-4-2/h8,10,14,16-18,41-42,44-48,50-51H,3-7,9,11-13,15,19-40H2,1-2H3,(H,52,53,54)/b10-8-,16-14-,18-17-. The average Bonchev–Trinajstić information content (AvgIpc) is 3.22. The zero-order valence-corrected chi connectivity index (χ0v) is 38.3. The van der Waals surface area contributed by atoms with E-state index in [0.717, 1.165) is 64.2 Å². The van der Waals surface area contributed by atoms with Crippen molar-refractivity contribution in [2.24, 2.45) is 0 Å². The molecular formula is C47H86O12S. The number of carbonyl (C=O) groups is 1. The van der Waals surface area contributed by atoms with Crippen LogP contribution in [0.25, 0.3) is 0 Å². The zero-order valence-electron chi connectivity index (χ0n) is 37.5. The van der Waals surface area contributed by atoms with Gasteiger partial charge in [-0.05, 0) is 64.2 Å². The summed E-state index contributed by atoms with van der Waals surface area (Å²) >= 11 is 0. The highest BCUT2D eigenvalue weighted by atomic mass is 32.3. The van der Waals surface area contributed by atoms with Gasteiger partial charge < -0.3 is 34.3 Å². The lowest BCUT2D eigenvalue weighted by Gasteiger charge is -2.41. The van der Waals surface area contributed by atoms with Gasteiger partial charge in [0.05, 0.1) is 19.8 Å². The minimum Gasteiger partial charge on any atom is -0.457 e. The number of rotatable bonds is 41. The summed E-state index contributed by atoms with van der Waals surface area (Å²) in [6, 6.07) is 0. The Morgan fingerprint density at radius 2 is 1.13 bits per heavy atom. The largest absolute Gasteiger partial charge is 0.457 e. The van der Waals surface area contributed by atoms with E-state index in [2.05, 4.69) is 54.5 Å². The molecule has 352 valence electrons. The monoisotopic (exact) mass is 875 g/mol. The molecule has 6 atom stereocenters.